The average molecular weight is 222 g/mol. The lowest BCUT2D eigenvalue weighted by molar-refractivity contribution is 0.146. The number of hydrogen-bond acceptors (Lipinski definition) is 1. The standard InChI is InChI=1S/C8H14.C7H12O/c1-7-5-3-4-6-8(7)2;1-6-3-4-8-5-7(6)2/h3-6H2,1-2H3;3-5H2,1-2H3. The van der Waals surface area contributed by atoms with Gasteiger partial charge in [0.15, 0.2) is 0 Å². The van der Waals surface area contributed by atoms with Crippen LogP contribution in [0.4, 0.5) is 0 Å². The number of ether oxygens (including phenoxy) is 1. The molecule has 16 heavy (non-hydrogen) atoms. The van der Waals surface area contributed by atoms with Gasteiger partial charge in [-0.1, -0.05) is 16.7 Å². The third-order valence-electron chi connectivity index (χ3n) is 3.75. The molecule has 1 aliphatic carbocycles. The minimum atomic E-state index is 0.853. The van der Waals surface area contributed by atoms with Gasteiger partial charge in [0.25, 0.3) is 0 Å². The topological polar surface area (TPSA) is 9.23 Å². The van der Waals surface area contributed by atoms with E-state index in [1.807, 2.05) is 0 Å². The second-order valence-corrected chi connectivity index (χ2v) is 5.13. The molecule has 0 aromatic carbocycles. The first-order valence-corrected chi connectivity index (χ1v) is 6.49. The fourth-order valence-corrected chi connectivity index (χ4v) is 1.99. The lowest BCUT2D eigenvalue weighted by Gasteiger charge is -2.13. The molecular weight excluding hydrogens is 196 g/mol. The Labute approximate surface area is 101 Å². The van der Waals surface area contributed by atoms with Gasteiger partial charge < -0.3 is 4.74 Å². The van der Waals surface area contributed by atoms with E-state index < -0.39 is 0 Å². The Morgan fingerprint density at radius 1 is 0.688 bits per heavy atom. The molecule has 0 unspecified atom stereocenters. The summed E-state index contributed by atoms with van der Waals surface area (Å²) in [7, 11) is 0. The van der Waals surface area contributed by atoms with Crippen molar-refractivity contribution in [2.75, 3.05) is 13.2 Å². The summed E-state index contributed by atoms with van der Waals surface area (Å²) in [4.78, 5) is 0. The minimum Gasteiger partial charge on any atom is -0.377 e. The minimum absolute atomic E-state index is 0.853. The normalized spacial score (nSPS) is 21.8. The van der Waals surface area contributed by atoms with Gasteiger partial charge in [0, 0.05) is 0 Å². The summed E-state index contributed by atoms with van der Waals surface area (Å²) in [5.74, 6) is 0. The molecule has 0 bridgehead atoms. The summed E-state index contributed by atoms with van der Waals surface area (Å²) in [5, 5.41) is 0. The second-order valence-electron chi connectivity index (χ2n) is 5.13. The number of rotatable bonds is 0. The lowest BCUT2D eigenvalue weighted by atomic mass is 9.94. The van der Waals surface area contributed by atoms with Gasteiger partial charge in [-0.2, -0.15) is 0 Å². The Morgan fingerprint density at radius 3 is 1.50 bits per heavy atom. The fourth-order valence-electron chi connectivity index (χ4n) is 1.99. The molecule has 0 aromatic rings. The number of allylic oxidation sites excluding steroid dienone is 2. The zero-order valence-corrected chi connectivity index (χ0v) is 11.4. The van der Waals surface area contributed by atoms with Gasteiger partial charge in [0.05, 0.1) is 13.2 Å². The molecular formula is C15H26O. The monoisotopic (exact) mass is 222 g/mol. The first-order chi connectivity index (χ1) is 7.61. The van der Waals surface area contributed by atoms with Crippen LogP contribution in [-0.2, 0) is 4.74 Å². The van der Waals surface area contributed by atoms with Crippen LogP contribution in [0.25, 0.3) is 0 Å². The van der Waals surface area contributed by atoms with E-state index in [0.717, 1.165) is 19.6 Å². The van der Waals surface area contributed by atoms with Gasteiger partial charge in [0.2, 0.25) is 0 Å². The summed E-state index contributed by atoms with van der Waals surface area (Å²) < 4.78 is 5.19. The van der Waals surface area contributed by atoms with E-state index in [4.69, 9.17) is 4.74 Å². The summed E-state index contributed by atoms with van der Waals surface area (Å²) in [6, 6.07) is 0. The summed E-state index contributed by atoms with van der Waals surface area (Å²) in [6.45, 7) is 10.6. The highest BCUT2D eigenvalue weighted by molar-refractivity contribution is 5.12. The van der Waals surface area contributed by atoms with E-state index in [1.54, 1.807) is 11.1 Å². The van der Waals surface area contributed by atoms with Crippen molar-refractivity contribution in [2.45, 2.75) is 59.8 Å². The molecule has 1 nitrogen and oxygen atoms in total. The summed E-state index contributed by atoms with van der Waals surface area (Å²) >= 11 is 0. The Balaban J connectivity index is 0.000000160. The molecule has 0 saturated carbocycles. The molecule has 0 saturated heterocycles. The Kier molecular flexibility index (Phi) is 5.83. The van der Waals surface area contributed by atoms with E-state index in [1.165, 1.54) is 36.8 Å². The van der Waals surface area contributed by atoms with Crippen LogP contribution in [0.1, 0.15) is 59.8 Å². The largest absolute Gasteiger partial charge is 0.377 e. The smallest absolute Gasteiger partial charge is 0.0676 e. The predicted octanol–water partition coefficient (Wildman–Crippen LogP) is 4.64. The van der Waals surface area contributed by atoms with Gasteiger partial charge in [0.1, 0.15) is 0 Å². The van der Waals surface area contributed by atoms with Crippen molar-refractivity contribution < 1.29 is 4.74 Å². The van der Waals surface area contributed by atoms with Crippen molar-refractivity contribution in [1.29, 1.82) is 0 Å². The Morgan fingerprint density at radius 2 is 1.19 bits per heavy atom. The zero-order valence-electron chi connectivity index (χ0n) is 11.4. The van der Waals surface area contributed by atoms with Gasteiger partial charge >= 0.3 is 0 Å². The van der Waals surface area contributed by atoms with E-state index in [2.05, 4.69) is 27.7 Å². The van der Waals surface area contributed by atoms with Crippen LogP contribution < -0.4 is 0 Å². The van der Waals surface area contributed by atoms with Crippen molar-refractivity contribution >= 4 is 0 Å². The molecule has 0 radical (unpaired) electrons. The molecule has 0 fully saturated rings. The molecule has 1 aliphatic heterocycles. The summed E-state index contributed by atoms with van der Waals surface area (Å²) in [5.41, 5.74) is 6.19. The van der Waals surface area contributed by atoms with Crippen LogP contribution in [0.2, 0.25) is 0 Å². The molecule has 2 rings (SSSR count). The fraction of sp³-hybridized carbons (Fsp3) is 0.733. The maximum atomic E-state index is 5.19. The van der Waals surface area contributed by atoms with Crippen LogP contribution in [0.15, 0.2) is 22.3 Å². The van der Waals surface area contributed by atoms with Crippen molar-refractivity contribution in [2.24, 2.45) is 0 Å². The SMILES string of the molecule is CC1=C(C)CCCC1.CC1=C(C)COCC1. The molecule has 1 heterocycles. The molecule has 0 amide bonds. The van der Waals surface area contributed by atoms with E-state index in [9.17, 15) is 0 Å². The van der Waals surface area contributed by atoms with Crippen molar-refractivity contribution in [3.63, 3.8) is 0 Å². The maximum absolute atomic E-state index is 5.19. The van der Waals surface area contributed by atoms with E-state index in [-0.39, 0.29) is 0 Å². The predicted molar refractivity (Wildman–Crippen MR) is 70.7 cm³/mol. The molecule has 2 aliphatic rings. The first kappa shape index (κ1) is 13.5. The highest BCUT2D eigenvalue weighted by Gasteiger charge is 2.03. The summed E-state index contributed by atoms with van der Waals surface area (Å²) in [6.07, 6.45) is 6.68. The van der Waals surface area contributed by atoms with E-state index in [0.29, 0.717) is 0 Å². The molecule has 92 valence electrons. The highest BCUT2D eigenvalue weighted by Crippen LogP contribution is 2.22. The van der Waals surface area contributed by atoms with Crippen molar-refractivity contribution in [3.8, 4) is 0 Å². The van der Waals surface area contributed by atoms with Gasteiger partial charge in [-0.05, 0) is 65.4 Å². The Hall–Kier alpha value is -0.560. The van der Waals surface area contributed by atoms with Crippen molar-refractivity contribution in [1.82, 2.24) is 0 Å². The van der Waals surface area contributed by atoms with Crippen LogP contribution in [0.3, 0.4) is 0 Å². The van der Waals surface area contributed by atoms with Crippen LogP contribution in [0, 0.1) is 0 Å². The second kappa shape index (κ2) is 6.90. The molecule has 0 spiro atoms. The maximum Gasteiger partial charge on any atom is 0.0676 e. The highest BCUT2D eigenvalue weighted by atomic mass is 16.5. The van der Waals surface area contributed by atoms with Gasteiger partial charge in [-0.15, -0.1) is 0 Å². The van der Waals surface area contributed by atoms with Gasteiger partial charge in [-0.25, -0.2) is 0 Å². The quantitative estimate of drug-likeness (QED) is 0.542. The zero-order chi connectivity index (χ0) is 12.0. The first-order valence-electron chi connectivity index (χ1n) is 6.49. The third-order valence-corrected chi connectivity index (χ3v) is 3.75. The lowest BCUT2D eigenvalue weighted by Crippen LogP contribution is -2.06. The van der Waals surface area contributed by atoms with Crippen LogP contribution in [0.5, 0.6) is 0 Å². The number of hydrogen-bond donors (Lipinski definition) is 0. The van der Waals surface area contributed by atoms with Gasteiger partial charge in [-0.3, -0.25) is 0 Å². The third kappa shape index (κ3) is 4.52. The van der Waals surface area contributed by atoms with Crippen LogP contribution >= 0.6 is 0 Å². The van der Waals surface area contributed by atoms with Crippen molar-refractivity contribution in [3.05, 3.63) is 22.3 Å². The molecule has 1 heteroatoms. The van der Waals surface area contributed by atoms with Crippen LogP contribution in [-0.4, -0.2) is 13.2 Å². The molecule has 0 aromatic heterocycles. The Bertz CT molecular complexity index is 226. The van der Waals surface area contributed by atoms with E-state index >= 15 is 0 Å². The molecule has 0 atom stereocenters. The average Bonchev–Trinajstić information content (AvgIpc) is 2.28. The molecule has 0 N–H and O–H groups in total.